The van der Waals surface area contributed by atoms with Gasteiger partial charge in [0.1, 0.15) is 0 Å². The molecule has 0 unspecified atom stereocenters. The lowest BCUT2D eigenvalue weighted by Gasteiger charge is -2.07. The van der Waals surface area contributed by atoms with Gasteiger partial charge in [0.25, 0.3) is 5.91 Å². The summed E-state index contributed by atoms with van der Waals surface area (Å²) in [5, 5.41) is 5.39. The quantitative estimate of drug-likeness (QED) is 0.393. The van der Waals surface area contributed by atoms with Crippen molar-refractivity contribution in [3.05, 3.63) is 65.7 Å². The second-order valence-electron chi connectivity index (χ2n) is 5.69. The number of benzene rings is 2. The van der Waals surface area contributed by atoms with E-state index >= 15 is 0 Å². The first-order valence-corrected chi connectivity index (χ1v) is 9.48. The number of carbonyl (C=O) groups is 3. The van der Waals surface area contributed by atoms with Crippen LogP contribution in [0.3, 0.4) is 0 Å². The molecule has 2 amide bonds. The summed E-state index contributed by atoms with van der Waals surface area (Å²) in [6, 6.07) is 16.6. The highest BCUT2D eigenvalue weighted by Crippen LogP contribution is 2.15. The molecular weight excluding hydrogens is 364 g/mol. The summed E-state index contributed by atoms with van der Waals surface area (Å²) in [7, 11) is 0. The van der Waals surface area contributed by atoms with E-state index in [2.05, 4.69) is 10.6 Å². The fourth-order valence-corrected chi connectivity index (χ4v) is 2.92. The van der Waals surface area contributed by atoms with Gasteiger partial charge in [-0.25, -0.2) is 4.79 Å². The lowest BCUT2D eigenvalue weighted by Crippen LogP contribution is -2.30. The van der Waals surface area contributed by atoms with Crippen molar-refractivity contribution in [1.82, 2.24) is 10.6 Å². The molecule has 0 spiro atoms. The Morgan fingerprint density at radius 2 is 1.67 bits per heavy atom. The molecule has 0 heterocycles. The lowest BCUT2D eigenvalue weighted by molar-refractivity contribution is -0.124. The van der Waals surface area contributed by atoms with Crippen molar-refractivity contribution in [2.24, 2.45) is 0 Å². The average molecular weight is 386 g/mol. The van der Waals surface area contributed by atoms with Crippen molar-refractivity contribution in [3.8, 4) is 0 Å². The van der Waals surface area contributed by atoms with Crippen LogP contribution in [0, 0.1) is 0 Å². The van der Waals surface area contributed by atoms with Gasteiger partial charge in [-0.3, -0.25) is 9.59 Å². The predicted molar refractivity (Wildman–Crippen MR) is 104 cm³/mol. The Hall–Kier alpha value is -2.80. The number of thioether (sulfide) groups is 1. The zero-order valence-electron chi connectivity index (χ0n) is 15.1. The Balaban J connectivity index is 1.65. The highest BCUT2D eigenvalue weighted by molar-refractivity contribution is 7.99. The zero-order chi connectivity index (χ0) is 19.5. The van der Waals surface area contributed by atoms with Crippen LogP contribution < -0.4 is 10.6 Å². The minimum absolute atomic E-state index is 0.119. The summed E-state index contributed by atoms with van der Waals surface area (Å²) in [5.74, 6) is -0.278. The molecule has 0 radical (unpaired) electrons. The Labute approximate surface area is 162 Å². The molecule has 0 bridgehead atoms. The summed E-state index contributed by atoms with van der Waals surface area (Å²) in [6.07, 6.45) is 0. The maximum atomic E-state index is 12.0. The molecular formula is C20H22N2O4S. The van der Waals surface area contributed by atoms with Gasteiger partial charge in [-0.1, -0.05) is 30.3 Å². The van der Waals surface area contributed by atoms with Crippen molar-refractivity contribution in [2.75, 3.05) is 18.9 Å². The summed E-state index contributed by atoms with van der Waals surface area (Å²) in [5.41, 5.74) is 1.23. The molecule has 0 saturated heterocycles. The van der Waals surface area contributed by atoms with E-state index in [1.165, 1.54) is 6.92 Å². The molecule has 27 heavy (non-hydrogen) atoms. The molecule has 0 aromatic heterocycles. The topological polar surface area (TPSA) is 84.5 Å². The standard InChI is InChI=1S/C20H22N2O4S/c1-15(23)22-13-16-7-9-17(10-8-16)20(25)26-14-19(24)21-11-12-27-18-5-3-2-4-6-18/h2-10H,11-14H2,1H3,(H,21,24)(H,22,23). The predicted octanol–water partition coefficient (Wildman–Crippen LogP) is 2.39. The van der Waals surface area contributed by atoms with E-state index in [0.29, 0.717) is 18.7 Å². The fourth-order valence-electron chi connectivity index (χ4n) is 2.13. The van der Waals surface area contributed by atoms with E-state index in [1.54, 1.807) is 36.0 Å². The number of nitrogens with one attached hydrogen (secondary N) is 2. The summed E-state index contributed by atoms with van der Waals surface area (Å²) in [4.78, 5) is 35.7. The molecule has 2 N–H and O–H groups in total. The van der Waals surface area contributed by atoms with E-state index in [4.69, 9.17) is 4.74 Å². The molecule has 0 aliphatic heterocycles. The van der Waals surface area contributed by atoms with Gasteiger partial charge in [0.2, 0.25) is 5.91 Å². The molecule has 0 aliphatic carbocycles. The average Bonchev–Trinajstić information content (AvgIpc) is 2.69. The Kier molecular flexibility index (Phi) is 8.38. The van der Waals surface area contributed by atoms with Gasteiger partial charge in [0, 0.05) is 30.7 Å². The van der Waals surface area contributed by atoms with E-state index in [9.17, 15) is 14.4 Å². The zero-order valence-corrected chi connectivity index (χ0v) is 15.9. The molecule has 0 saturated carbocycles. The monoisotopic (exact) mass is 386 g/mol. The largest absolute Gasteiger partial charge is 0.452 e. The smallest absolute Gasteiger partial charge is 0.338 e. The highest BCUT2D eigenvalue weighted by atomic mass is 32.2. The minimum Gasteiger partial charge on any atom is -0.452 e. The van der Waals surface area contributed by atoms with Crippen LogP contribution in [-0.2, 0) is 20.9 Å². The fraction of sp³-hybridized carbons (Fsp3) is 0.250. The number of carbonyl (C=O) groups excluding carboxylic acids is 3. The van der Waals surface area contributed by atoms with E-state index in [-0.39, 0.29) is 18.4 Å². The Morgan fingerprint density at radius 3 is 2.33 bits per heavy atom. The number of hydrogen-bond acceptors (Lipinski definition) is 5. The van der Waals surface area contributed by atoms with Crippen LogP contribution >= 0.6 is 11.8 Å². The highest BCUT2D eigenvalue weighted by Gasteiger charge is 2.10. The summed E-state index contributed by atoms with van der Waals surface area (Å²) >= 11 is 1.64. The molecule has 0 aliphatic rings. The van der Waals surface area contributed by atoms with Crippen LogP contribution in [0.1, 0.15) is 22.8 Å². The Bertz CT molecular complexity index is 763. The van der Waals surface area contributed by atoms with Gasteiger partial charge in [-0.2, -0.15) is 0 Å². The van der Waals surface area contributed by atoms with Gasteiger partial charge in [0.15, 0.2) is 6.61 Å². The second kappa shape index (κ2) is 11.0. The molecule has 0 atom stereocenters. The molecule has 142 valence electrons. The van der Waals surface area contributed by atoms with Crippen molar-refractivity contribution in [3.63, 3.8) is 0 Å². The SMILES string of the molecule is CC(=O)NCc1ccc(C(=O)OCC(=O)NCCSc2ccccc2)cc1. The van der Waals surface area contributed by atoms with Crippen LogP contribution in [0.4, 0.5) is 0 Å². The van der Waals surface area contributed by atoms with Crippen LogP contribution in [0.15, 0.2) is 59.5 Å². The third-order valence-electron chi connectivity index (χ3n) is 3.50. The van der Waals surface area contributed by atoms with Crippen LogP contribution in [-0.4, -0.2) is 36.7 Å². The van der Waals surface area contributed by atoms with E-state index in [0.717, 1.165) is 16.2 Å². The van der Waals surface area contributed by atoms with Crippen LogP contribution in [0.2, 0.25) is 0 Å². The van der Waals surface area contributed by atoms with Gasteiger partial charge >= 0.3 is 5.97 Å². The number of hydrogen-bond donors (Lipinski definition) is 2. The van der Waals surface area contributed by atoms with E-state index in [1.807, 2.05) is 30.3 Å². The first kappa shape index (κ1) is 20.5. The third-order valence-corrected chi connectivity index (χ3v) is 4.52. The van der Waals surface area contributed by atoms with Crippen LogP contribution in [0.25, 0.3) is 0 Å². The number of esters is 1. The molecule has 2 rings (SSSR count). The second-order valence-corrected chi connectivity index (χ2v) is 6.86. The number of rotatable bonds is 9. The molecule has 7 heteroatoms. The van der Waals surface area contributed by atoms with Gasteiger partial charge in [-0.05, 0) is 29.8 Å². The lowest BCUT2D eigenvalue weighted by atomic mass is 10.1. The van der Waals surface area contributed by atoms with E-state index < -0.39 is 5.97 Å². The van der Waals surface area contributed by atoms with Crippen molar-refractivity contribution in [2.45, 2.75) is 18.4 Å². The maximum absolute atomic E-state index is 12.0. The molecule has 0 fully saturated rings. The minimum atomic E-state index is -0.560. The number of amides is 2. The van der Waals surface area contributed by atoms with Gasteiger partial charge in [-0.15, -0.1) is 11.8 Å². The molecule has 6 nitrogen and oxygen atoms in total. The van der Waals surface area contributed by atoms with Crippen molar-refractivity contribution < 1.29 is 19.1 Å². The maximum Gasteiger partial charge on any atom is 0.338 e. The van der Waals surface area contributed by atoms with Gasteiger partial charge in [0.05, 0.1) is 5.56 Å². The Morgan fingerprint density at radius 1 is 0.963 bits per heavy atom. The van der Waals surface area contributed by atoms with Crippen molar-refractivity contribution in [1.29, 1.82) is 0 Å². The molecule has 2 aromatic carbocycles. The van der Waals surface area contributed by atoms with Crippen LogP contribution in [0.5, 0.6) is 0 Å². The van der Waals surface area contributed by atoms with Crippen molar-refractivity contribution >= 4 is 29.5 Å². The molecule has 2 aromatic rings. The first-order valence-electron chi connectivity index (χ1n) is 8.49. The summed E-state index contributed by atoms with van der Waals surface area (Å²) in [6.45, 7) is 2.02. The normalized spacial score (nSPS) is 10.1. The van der Waals surface area contributed by atoms with Gasteiger partial charge < -0.3 is 15.4 Å². The number of ether oxygens (including phenoxy) is 1. The first-order chi connectivity index (χ1) is 13.0. The summed E-state index contributed by atoms with van der Waals surface area (Å²) < 4.78 is 5.02. The third kappa shape index (κ3) is 7.96.